The Morgan fingerprint density at radius 2 is 1.59 bits per heavy atom. The number of H-pyrrole nitrogens is 1. The highest BCUT2D eigenvalue weighted by Gasteiger charge is 2.48. The van der Waals surface area contributed by atoms with Gasteiger partial charge < -0.3 is 14.2 Å². The maximum absolute atomic E-state index is 12.7. The number of carbonyl (C=O) groups is 2. The summed E-state index contributed by atoms with van der Waals surface area (Å²) in [5.41, 5.74) is -0.368. The smallest absolute Gasteiger partial charge is 0.338 e. The quantitative estimate of drug-likeness (QED) is 0.422. The number of nitrogens with zero attached hydrogens (tertiary/aromatic N) is 1. The van der Waals surface area contributed by atoms with Crippen LogP contribution in [-0.4, -0.2) is 45.7 Å². The Bertz CT molecular complexity index is 1290. The van der Waals surface area contributed by atoms with Crippen molar-refractivity contribution in [1.29, 1.82) is 0 Å². The van der Waals surface area contributed by atoms with E-state index in [9.17, 15) is 19.2 Å². The Kier molecular flexibility index (Phi) is 6.95. The van der Waals surface area contributed by atoms with Crippen molar-refractivity contribution in [2.24, 2.45) is 0 Å². The van der Waals surface area contributed by atoms with Gasteiger partial charge in [0.25, 0.3) is 5.56 Å². The van der Waals surface area contributed by atoms with E-state index < -0.39 is 47.0 Å². The molecule has 0 spiro atoms. The molecular formula is C24H21ClN2O7. The first kappa shape index (κ1) is 23.5. The largest absolute Gasteiger partial charge is 0.459 e. The molecular weight excluding hydrogens is 464 g/mol. The number of ether oxygens (including phenoxy) is 3. The summed E-state index contributed by atoms with van der Waals surface area (Å²) in [5, 5.41) is -1.02. The molecule has 1 unspecified atom stereocenters. The number of aromatic amines is 1. The van der Waals surface area contributed by atoms with E-state index >= 15 is 0 Å². The zero-order valence-corrected chi connectivity index (χ0v) is 18.8. The minimum absolute atomic E-state index is 0.267. The molecule has 0 radical (unpaired) electrons. The molecule has 34 heavy (non-hydrogen) atoms. The lowest BCUT2D eigenvalue weighted by Crippen LogP contribution is -2.38. The number of aryl methyl sites for hydroxylation is 1. The van der Waals surface area contributed by atoms with E-state index in [0.29, 0.717) is 11.1 Å². The summed E-state index contributed by atoms with van der Waals surface area (Å²) in [4.78, 5) is 51.5. The van der Waals surface area contributed by atoms with Crippen LogP contribution in [0.25, 0.3) is 0 Å². The molecule has 1 saturated heterocycles. The SMILES string of the molecule is Cc1cn([C@H]2O[C@H](COC(=O)c3ccccc3)[C@H](OC(=O)c3ccccc3)C2Cl)c(=O)[nH]c1=O. The van der Waals surface area contributed by atoms with Crippen molar-refractivity contribution in [2.45, 2.75) is 30.7 Å². The van der Waals surface area contributed by atoms with Crippen LogP contribution in [0.4, 0.5) is 0 Å². The predicted molar refractivity (Wildman–Crippen MR) is 122 cm³/mol. The minimum Gasteiger partial charge on any atom is -0.459 e. The molecule has 2 aromatic carbocycles. The van der Waals surface area contributed by atoms with Crippen LogP contribution in [-0.2, 0) is 14.2 Å². The summed E-state index contributed by atoms with van der Waals surface area (Å²) in [6.45, 7) is 1.25. The summed E-state index contributed by atoms with van der Waals surface area (Å²) in [7, 11) is 0. The molecule has 1 aliphatic heterocycles. The molecule has 1 fully saturated rings. The molecule has 1 aromatic heterocycles. The summed E-state index contributed by atoms with van der Waals surface area (Å²) in [5.74, 6) is -1.24. The molecule has 10 heteroatoms. The van der Waals surface area contributed by atoms with Crippen molar-refractivity contribution in [3.8, 4) is 0 Å². The molecule has 4 rings (SSSR count). The molecule has 9 nitrogen and oxygen atoms in total. The Morgan fingerprint density at radius 3 is 2.21 bits per heavy atom. The summed E-state index contributed by atoms with van der Waals surface area (Å²) in [6, 6.07) is 16.6. The van der Waals surface area contributed by atoms with Crippen molar-refractivity contribution in [3.05, 3.63) is 104 Å². The Morgan fingerprint density at radius 1 is 1.00 bits per heavy atom. The van der Waals surface area contributed by atoms with Gasteiger partial charge in [-0.1, -0.05) is 36.4 Å². The fourth-order valence-electron chi connectivity index (χ4n) is 3.55. The second-order valence-electron chi connectivity index (χ2n) is 7.69. The molecule has 176 valence electrons. The third-order valence-corrected chi connectivity index (χ3v) is 5.79. The van der Waals surface area contributed by atoms with E-state index in [2.05, 4.69) is 4.98 Å². The summed E-state index contributed by atoms with van der Waals surface area (Å²) >= 11 is 6.61. The molecule has 3 aromatic rings. The van der Waals surface area contributed by atoms with E-state index in [0.717, 1.165) is 4.57 Å². The zero-order valence-electron chi connectivity index (χ0n) is 18.1. The van der Waals surface area contributed by atoms with Crippen LogP contribution in [0, 0.1) is 6.92 Å². The number of nitrogens with one attached hydrogen (secondary N) is 1. The van der Waals surface area contributed by atoms with Gasteiger partial charge in [0.1, 0.15) is 18.1 Å². The van der Waals surface area contributed by atoms with E-state index in [-0.39, 0.29) is 12.2 Å². The van der Waals surface area contributed by atoms with Gasteiger partial charge in [-0.2, -0.15) is 0 Å². The maximum atomic E-state index is 12.7. The highest BCUT2D eigenvalue weighted by molar-refractivity contribution is 6.21. The first-order chi connectivity index (χ1) is 16.3. The first-order valence-corrected chi connectivity index (χ1v) is 10.9. The number of esters is 2. The third kappa shape index (κ3) is 4.95. The Hall–Kier alpha value is -3.69. The van der Waals surface area contributed by atoms with Gasteiger partial charge in [-0.15, -0.1) is 11.6 Å². The zero-order chi connectivity index (χ0) is 24.2. The molecule has 0 saturated carbocycles. The Labute approximate surface area is 198 Å². The van der Waals surface area contributed by atoms with Gasteiger partial charge in [0, 0.05) is 11.8 Å². The van der Waals surface area contributed by atoms with Crippen molar-refractivity contribution in [2.75, 3.05) is 6.61 Å². The fraction of sp³-hybridized carbons (Fsp3) is 0.250. The van der Waals surface area contributed by atoms with Gasteiger partial charge in [0.2, 0.25) is 0 Å². The number of hydrogen-bond donors (Lipinski definition) is 1. The van der Waals surface area contributed by atoms with Crippen LogP contribution in [0.5, 0.6) is 0 Å². The average Bonchev–Trinajstić information content (AvgIpc) is 3.15. The maximum Gasteiger partial charge on any atom is 0.338 e. The molecule has 0 amide bonds. The van der Waals surface area contributed by atoms with Crippen LogP contribution in [0.2, 0.25) is 0 Å². The van der Waals surface area contributed by atoms with Crippen LogP contribution < -0.4 is 11.2 Å². The first-order valence-electron chi connectivity index (χ1n) is 10.4. The standard InChI is InChI=1S/C24H21ClN2O7/c1-14-12-27(24(31)26-20(14)28)21-18(25)19(34-23(30)16-10-6-3-7-11-16)17(33-21)13-32-22(29)15-8-4-2-5-9-15/h2-12,17-19,21H,13H2,1H3,(H,26,28,31)/t17-,18?,19+,21+/m1/s1. The minimum atomic E-state index is -1.08. The van der Waals surface area contributed by atoms with Gasteiger partial charge >= 0.3 is 17.6 Å². The van der Waals surface area contributed by atoms with Crippen molar-refractivity contribution in [3.63, 3.8) is 0 Å². The number of benzene rings is 2. The molecule has 1 aliphatic rings. The number of halogens is 1. The predicted octanol–water partition coefficient (Wildman–Crippen LogP) is 2.43. The molecule has 0 bridgehead atoms. The number of alkyl halides is 1. The van der Waals surface area contributed by atoms with Gasteiger partial charge in [0.05, 0.1) is 11.1 Å². The summed E-state index contributed by atoms with van der Waals surface area (Å²) < 4.78 is 18.1. The van der Waals surface area contributed by atoms with E-state index in [1.54, 1.807) is 60.7 Å². The average molecular weight is 485 g/mol. The lowest BCUT2D eigenvalue weighted by Gasteiger charge is -2.20. The van der Waals surface area contributed by atoms with E-state index in [1.807, 2.05) is 0 Å². The summed E-state index contributed by atoms with van der Waals surface area (Å²) in [6.07, 6.45) is -1.79. The normalized spacial score (nSPS) is 21.7. The van der Waals surface area contributed by atoms with Crippen LogP contribution in [0.1, 0.15) is 32.5 Å². The van der Waals surface area contributed by atoms with Crippen molar-refractivity contribution in [1.82, 2.24) is 9.55 Å². The fourth-order valence-corrected chi connectivity index (χ4v) is 3.94. The van der Waals surface area contributed by atoms with Gasteiger partial charge in [-0.3, -0.25) is 14.3 Å². The molecule has 2 heterocycles. The molecule has 1 N–H and O–H groups in total. The third-order valence-electron chi connectivity index (χ3n) is 5.33. The molecule has 4 atom stereocenters. The second kappa shape index (κ2) is 10.1. The van der Waals surface area contributed by atoms with E-state index in [4.69, 9.17) is 25.8 Å². The monoisotopic (exact) mass is 484 g/mol. The number of aromatic nitrogens is 2. The second-order valence-corrected chi connectivity index (χ2v) is 8.19. The van der Waals surface area contributed by atoms with Crippen molar-refractivity contribution >= 4 is 23.5 Å². The van der Waals surface area contributed by atoms with E-state index in [1.165, 1.54) is 13.1 Å². The number of carbonyl (C=O) groups excluding carboxylic acids is 2. The van der Waals surface area contributed by atoms with Gasteiger partial charge in [0.15, 0.2) is 12.3 Å². The highest BCUT2D eigenvalue weighted by atomic mass is 35.5. The lowest BCUT2D eigenvalue weighted by atomic mass is 10.1. The van der Waals surface area contributed by atoms with Crippen LogP contribution >= 0.6 is 11.6 Å². The lowest BCUT2D eigenvalue weighted by molar-refractivity contribution is -0.0582. The van der Waals surface area contributed by atoms with Crippen molar-refractivity contribution < 1.29 is 23.8 Å². The highest BCUT2D eigenvalue weighted by Crippen LogP contribution is 2.35. The Balaban J connectivity index is 1.59. The van der Waals surface area contributed by atoms with Gasteiger partial charge in [-0.25, -0.2) is 14.4 Å². The number of hydrogen-bond acceptors (Lipinski definition) is 7. The number of rotatable bonds is 6. The van der Waals surface area contributed by atoms with Crippen LogP contribution in [0.15, 0.2) is 76.4 Å². The molecule has 0 aliphatic carbocycles. The van der Waals surface area contributed by atoms with Crippen LogP contribution in [0.3, 0.4) is 0 Å². The topological polar surface area (TPSA) is 117 Å². The van der Waals surface area contributed by atoms with Gasteiger partial charge in [-0.05, 0) is 31.2 Å².